The van der Waals surface area contributed by atoms with Gasteiger partial charge in [-0.15, -0.1) is 11.3 Å². The highest BCUT2D eigenvalue weighted by atomic mass is 32.1. The van der Waals surface area contributed by atoms with Crippen molar-refractivity contribution in [2.24, 2.45) is 0 Å². The third-order valence-corrected chi connectivity index (χ3v) is 4.00. The van der Waals surface area contributed by atoms with Crippen LogP contribution in [0.5, 0.6) is 0 Å². The Balaban J connectivity index is 2.25. The average molecular weight is 289 g/mol. The molecule has 20 heavy (non-hydrogen) atoms. The molecule has 0 amide bonds. The van der Waals surface area contributed by atoms with Crippen molar-refractivity contribution in [1.82, 2.24) is 14.9 Å². The largest absolute Gasteiger partial charge is 0.372 e. The van der Waals surface area contributed by atoms with Crippen molar-refractivity contribution >= 4 is 27.4 Å². The summed E-state index contributed by atoms with van der Waals surface area (Å²) in [6.07, 6.45) is 0.526. The van der Waals surface area contributed by atoms with Gasteiger partial charge in [0.25, 0.3) is 0 Å². The summed E-state index contributed by atoms with van der Waals surface area (Å²) in [5.74, 6) is 1.67. The number of nitrogens with one attached hydrogen (secondary N) is 1. The molecular weight excluding hydrogens is 270 g/mol. The Morgan fingerprint density at radius 3 is 2.90 bits per heavy atom. The number of hydrogen-bond acceptors (Lipinski definition) is 6. The van der Waals surface area contributed by atoms with Gasteiger partial charge in [-0.3, -0.25) is 4.90 Å². The van der Waals surface area contributed by atoms with Gasteiger partial charge in [-0.2, -0.15) is 5.26 Å². The summed E-state index contributed by atoms with van der Waals surface area (Å²) >= 11 is 1.62. The van der Waals surface area contributed by atoms with Gasteiger partial charge in [0, 0.05) is 26.1 Å². The molecule has 106 valence electrons. The number of fused-ring (bicyclic) bond motifs is 1. The van der Waals surface area contributed by atoms with Crippen molar-refractivity contribution in [2.75, 3.05) is 18.9 Å². The van der Waals surface area contributed by atoms with Crippen LogP contribution in [0, 0.1) is 11.3 Å². The first-order valence-electron chi connectivity index (χ1n) is 6.68. The number of anilines is 1. The minimum absolute atomic E-state index is 0.365. The molecule has 5 nitrogen and oxygen atoms in total. The molecule has 0 aliphatic carbocycles. The van der Waals surface area contributed by atoms with Crippen molar-refractivity contribution < 1.29 is 0 Å². The molecule has 0 saturated carbocycles. The molecule has 2 aromatic rings. The fraction of sp³-hybridized carbons (Fsp3) is 0.500. The van der Waals surface area contributed by atoms with Crippen LogP contribution in [0.3, 0.4) is 0 Å². The molecule has 0 fully saturated rings. The Kier molecular flexibility index (Phi) is 4.88. The van der Waals surface area contributed by atoms with E-state index in [1.54, 1.807) is 11.3 Å². The maximum Gasteiger partial charge on any atom is 0.146 e. The number of rotatable bonds is 6. The van der Waals surface area contributed by atoms with E-state index >= 15 is 0 Å². The predicted molar refractivity (Wildman–Crippen MR) is 82.7 cm³/mol. The summed E-state index contributed by atoms with van der Waals surface area (Å²) in [7, 11) is 1.87. The van der Waals surface area contributed by atoms with E-state index in [9.17, 15) is 0 Å². The van der Waals surface area contributed by atoms with Gasteiger partial charge in [-0.05, 0) is 25.3 Å². The minimum Gasteiger partial charge on any atom is -0.372 e. The quantitative estimate of drug-likeness (QED) is 0.886. The van der Waals surface area contributed by atoms with Gasteiger partial charge in [0.15, 0.2) is 0 Å². The van der Waals surface area contributed by atoms with Crippen molar-refractivity contribution in [3.8, 4) is 6.07 Å². The van der Waals surface area contributed by atoms with Gasteiger partial charge in [0.1, 0.15) is 16.5 Å². The van der Waals surface area contributed by atoms with Crippen LogP contribution in [0.1, 0.15) is 26.1 Å². The summed E-state index contributed by atoms with van der Waals surface area (Å²) in [4.78, 5) is 12.4. The van der Waals surface area contributed by atoms with E-state index in [1.165, 1.54) is 0 Å². The number of hydrogen-bond donors (Lipinski definition) is 1. The normalized spacial score (nSPS) is 11.2. The van der Waals surface area contributed by atoms with Crippen LogP contribution >= 0.6 is 11.3 Å². The number of nitriles is 1. The Bertz CT molecular complexity index is 614. The molecule has 0 aromatic carbocycles. The third kappa shape index (κ3) is 3.24. The van der Waals surface area contributed by atoms with E-state index in [-0.39, 0.29) is 0 Å². The molecule has 2 rings (SSSR count). The second kappa shape index (κ2) is 6.64. The zero-order valence-corrected chi connectivity index (χ0v) is 12.9. The van der Waals surface area contributed by atoms with Gasteiger partial charge in [0.2, 0.25) is 0 Å². The number of thiophene rings is 1. The van der Waals surface area contributed by atoms with E-state index in [2.05, 4.69) is 40.1 Å². The second-order valence-corrected chi connectivity index (χ2v) is 5.74. The van der Waals surface area contributed by atoms with Crippen LogP contribution < -0.4 is 5.32 Å². The lowest BCUT2D eigenvalue weighted by Crippen LogP contribution is -2.32. The average Bonchev–Trinajstić information content (AvgIpc) is 2.90. The van der Waals surface area contributed by atoms with Crippen LogP contribution in [-0.2, 0) is 6.54 Å². The summed E-state index contributed by atoms with van der Waals surface area (Å²) < 4.78 is 0. The Morgan fingerprint density at radius 1 is 1.45 bits per heavy atom. The maximum absolute atomic E-state index is 8.74. The number of aromatic nitrogens is 2. The third-order valence-electron chi connectivity index (χ3n) is 3.19. The van der Waals surface area contributed by atoms with E-state index in [1.807, 2.05) is 18.5 Å². The van der Waals surface area contributed by atoms with Gasteiger partial charge >= 0.3 is 0 Å². The topological polar surface area (TPSA) is 64.8 Å². The highest BCUT2D eigenvalue weighted by molar-refractivity contribution is 7.16. The fourth-order valence-electron chi connectivity index (χ4n) is 2.06. The molecule has 0 saturated heterocycles. The molecule has 0 atom stereocenters. The van der Waals surface area contributed by atoms with Crippen LogP contribution in [0.2, 0.25) is 0 Å². The molecule has 0 spiro atoms. The minimum atomic E-state index is 0.365. The van der Waals surface area contributed by atoms with Crippen LogP contribution in [-0.4, -0.2) is 34.5 Å². The highest BCUT2D eigenvalue weighted by Crippen LogP contribution is 2.25. The lowest BCUT2D eigenvalue weighted by Gasteiger charge is -2.24. The summed E-state index contributed by atoms with van der Waals surface area (Å²) in [5.41, 5.74) is 0. The standard InChI is InChI=1S/C14H19N5S/c1-10(2)19(7-4-6-15)9-12-17-13(16-3)11-5-8-20-14(11)18-12/h5,8,10H,4,7,9H2,1-3H3,(H,16,17,18). The molecule has 2 heterocycles. The molecule has 0 radical (unpaired) electrons. The van der Waals surface area contributed by atoms with Gasteiger partial charge in [0.05, 0.1) is 18.0 Å². The lowest BCUT2D eigenvalue weighted by molar-refractivity contribution is 0.213. The Hall–Kier alpha value is -1.71. The lowest BCUT2D eigenvalue weighted by atomic mass is 10.3. The highest BCUT2D eigenvalue weighted by Gasteiger charge is 2.14. The smallest absolute Gasteiger partial charge is 0.146 e. The first-order chi connectivity index (χ1) is 9.65. The van der Waals surface area contributed by atoms with Crippen LogP contribution in [0.4, 0.5) is 5.82 Å². The zero-order chi connectivity index (χ0) is 14.5. The van der Waals surface area contributed by atoms with E-state index in [0.29, 0.717) is 19.0 Å². The molecular formula is C14H19N5S. The first kappa shape index (κ1) is 14.7. The predicted octanol–water partition coefficient (Wildman–Crippen LogP) is 2.86. The SMILES string of the molecule is CNc1nc(CN(CCC#N)C(C)C)nc2sccc12. The fourth-order valence-corrected chi connectivity index (χ4v) is 2.84. The van der Waals surface area contributed by atoms with Gasteiger partial charge < -0.3 is 5.32 Å². The van der Waals surface area contributed by atoms with Crippen LogP contribution in [0.25, 0.3) is 10.2 Å². The molecule has 0 aliphatic heterocycles. The molecule has 0 aliphatic rings. The number of nitrogens with zero attached hydrogens (tertiary/aromatic N) is 4. The van der Waals surface area contributed by atoms with Crippen molar-refractivity contribution in [1.29, 1.82) is 5.26 Å². The first-order valence-corrected chi connectivity index (χ1v) is 7.56. The maximum atomic E-state index is 8.74. The van der Waals surface area contributed by atoms with Gasteiger partial charge in [-0.25, -0.2) is 9.97 Å². The summed E-state index contributed by atoms with van der Waals surface area (Å²) in [6.45, 7) is 5.66. The Labute approximate surface area is 123 Å². The molecule has 0 bridgehead atoms. The van der Waals surface area contributed by atoms with Gasteiger partial charge in [-0.1, -0.05) is 0 Å². The van der Waals surface area contributed by atoms with E-state index in [0.717, 1.165) is 28.4 Å². The van der Waals surface area contributed by atoms with E-state index < -0.39 is 0 Å². The monoisotopic (exact) mass is 289 g/mol. The van der Waals surface area contributed by atoms with Crippen molar-refractivity contribution in [3.63, 3.8) is 0 Å². The summed E-state index contributed by atoms with van der Waals surface area (Å²) in [5, 5.41) is 15.0. The molecule has 0 unspecified atom stereocenters. The van der Waals surface area contributed by atoms with Crippen molar-refractivity contribution in [3.05, 3.63) is 17.3 Å². The zero-order valence-electron chi connectivity index (χ0n) is 12.1. The molecule has 6 heteroatoms. The second-order valence-electron chi connectivity index (χ2n) is 4.85. The van der Waals surface area contributed by atoms with Crippen LogP contribution in [0.15, 0.2) is 11.4 Å². The Morgan fingerprint density at radius 2 is 2.25 bits per heavy atom. The summed E-state index contributed by atoms with van der Waals surface area (Å²) in [6, 6.07) is 4.59. The van der Waals surface area contributed by atoms with Crippen molar-refractivity contribution in [2.45, 2.75) is 32.9 Å². The van der Waals surface area contributed by atoms with E-state index in [4.69, 9.17) is 5.26 Å². The molecule has 1 N–H and O–H groups in total. The molecule has 2 aromatic heterocycles.